The van der Waals surface area contributed by atoms with E-state index in [1.165, 1.54) is 0 Å². The molecule has 0 saturated carbocycles. The summed E-state index contributed by atoms with van der Waals surface area (Å²) in [6.45, 7) is 8.50. The Bertz CT molecular complexity index is 476. The summed E-state index contributed by atoms with van der Waals surface area (Å²) in [6, 6.07) is 4.19. The van der Waals surface area contributed by atoms with Gasteiger partial charge in [-0.05, 0) is 25.0 Å². The summed E-state index contributed by atoms with van der Waals surface area (Å²) in [5.74, 6) is 1.95. The van der Waals surface area contributed by atoms with Gasteiger partial charge in [0.1, 0.15) is 11.9 Å². The minimum Gasteiger partial charge on any atom is -0.355 e. The van der Waals surface area contributed by atoms with Gasteiger partial charge >= 0.3 is 0 Å². The van der Waals surface area contributed by atoms with Crippen molar-refractivity contribution in [3.63, 3.8) is 0 Å². The Morgan fingerprint density at radius 2 is 2.22 bits per heavy atom. The molecule has 0 aliphatic carbocycles. The molecule has 0 amide bonds. The topological polar surface area (TPSA) is 39.9 Å². The van der Waals surface area contributed by atoms with Gasteiger partial charge in [0, 0.05) is 29.8 Å². The highest BCUT2D eigenvalue weighted by atomic mass is 32.2. The van der Waals surface area contributed by atoms with E-state index in [0.717, 1.165) is 42.2 Å². The largest absolute Gasteiger partial charge is 0.355 e. The van der Waals surface area contributed by atoms with Crippen LogP contribution >= 0.6 is 11.8 Å². The quantitative estimate of drug-likeness (QED) is 0.779. The number of rotatable bonds is 1. The molecule has 0 N–H and O–H groups in total. The van der Waals surface area contributed by atoms with Crippen LogP contribution in [0.5, 0.6) is 0 Å². The first-order valence-corrected chi connectivity index (χ1v) is 7.27. The summed E-state index contributed by atoms with van der Waals surface area (Å²) in [6.07, 6.45) is 2.92. The van der Waals surface area contributed by atoms with Crippen molar-refractivity contribution >= 4 is 17.6 Å². The molecule has 0 spiro atoms. The van der Waals surface area contributed by atoms with Gasteiger partial charge in [-0.15, -0.1) is 0 Å². The minimum absolute atomic E-state index is 0.325. The van der Waals surface area contributed by atoms with Crippen LogP contribution in [-0.4, -0.2) is 28.6 Å². The van der Waals surface area contributed by atoms with E-state index in [4.69, 9.17) is 0 Å². The van der Waals surface area contributed by atoms with Gasteiger partial charge in [-0.25, -0.2) is 4.98 Å². The first kappa shape index (κ1) is 13.2. The Morgan fingerprint density at radius 3 is 2.94 bits per heavy atom. The lowest BCUT2D eigenvalue weighted by Gasteiger charge is -2.24. The fourth-order valence-corrected chi connectivity index (χ4v) is 3.25. The number of anilines is 1. The molecule has 2 heterocycles. The van der Waals surface area contributed by atoms with Crippen LogP contribution in [0.4, 0.5) is 5.82 Å². The summed E-state index contributed by atoms with van der Waals surface area (Å²) in [5.41, 5.74) is 1.74. The number of hydrogen-bond acceptors (Lipinski definition) is 4. The van der Waals surface area contributed by atoms with Gasteiger partial charge in [0.15, 0.2) is 0 Å². The van der Waals surface area contributed by atoms with Crippen molar-refractivity contribution in [2.24, 2.45) is 0 Å². The van der Waals surface area contributed by atoms with Crippen LogP contribution in [0.15, 0.2) is 12.3 Å². The molecule has 1 aromatic rings. The Morgan fingerprint density at radius 1 is 1.44 bits per heavy atom. The molecule has 0 unspecified atom stereocenters. The molecule has 1 fully saturated rings. The highest BCUT2D eigenvalue weighted by Crippen LogP contribution is 2.32. The lowest BCUT2D eigenvalue weighted by molar-refractivity contribution is 0.635. The molecule has 96 valence electrons. The lowest BCUT2D eigenvalue weighted by Crippen LogP contribution is -2.28. The Balaban J connectivity index is 2.27. The number of hydrogen-bond donors (Lipinski definition) is 0. The zero-order chi connectivity index (χ0) is 13.2. The van der Waals surface area contributed by atoms with Crippen molar-refractivity contribution in [2.45, 2.75) is 31.9 Å². The van der Waals surface area contributed by atoms with E-state index < -0.39 is 0 Å². The molecule has 0 aromatic carbocycles. The third kappa shape index (κ3) is 2.78. The summed E-state index contributed by atoms with van der Waals surface area (Å²) < 4.78 is 0.325. The van der Waals surface area contributed by atoms with E-state index in [-0.39, 0.29) is 0 Å². The fourth-order valence-electron chi connectivity index (χ4n) is 2.15. The Labute approximate surface area is 113 Å². The van der Waals surface area contributed by atoms with Crippen molar-refractivity contribution in [3.8, 4) is 6.07 Å². The van der Waals surface area contributed by atoms with E-state index in [0.29, 0.717) is 4.75 Å². The zero-order valence-electron chi connectivity index (χ0n) is 11.2. The fraction of sp³-hybridized carbons (Fsp3) is 0.571. The number of thioether (sulfide) groups is 1. The Kier molecular flexibility index (Phi) is 3.82. The van der Waals surface area contributed by atoms with Crippen LogP contribution in [0.25, 0.3) is 0 Å². The number of pyridine rings is 1. The smallest absolute Gasteiger partial charge is 0.146 e. The normalized spacial score (nSPS) is 19.1. The van der Waals surface area contributed by atoms with Gasteiger partial charge in [0.25, 0.3) is 0 Å². The predicted octanol–water partition coefficient (Wildman–Crippen LogP) is 2.98. The van der Waals surface area contributed by atoms with E-state index >= 15 is 0 Å². The van der Waals surface area contributed by atoms with Gasteiger partial charge < -0.3 is 4.90 Å². The molecule has 1 aromatic heterocycles. The van der Waals surface area contributed by atoms with Crippen molar-refractivity contribution in [1.29, 1.82) is 5.26 Å². The molecular formula is C14H19N3S. The maximum absolute atomic E-state index is 9.28. The summed E-state index contributed by atoms with van der Waals surface area (Å²) >= 11 is 2.00. The highest BCUT2D eigenvalue weighted by Gasteiger charge is 2.25. The SMILES string of the molecule is Cc1ccnc(N2CCSC(C)(C)CC2)c1C#N. The highest BCUT2D eigenvalue weighted by molar-refractivity contribution is 8.00. The molecule has 0 atom stereocenters. The number of aromatic nitrogens is 1. The second kappa shape index (κ2) is 5.19. The molecule has 0 radical (unpaired) electrons. The molecule has 18 heavy (non-hydrogen) atoms. The van der Waals surface area contributed by atoms with E-state index in [2.05, 4.69) is 29.8 Å². The van der Waals surface area contributed by atoms with Crippen LogP contribution in [0, 0.1) is 18.3 Å². The van der Waals surface area contributed by atoms with Crippen molar-refractivity contribution in [2.75, 3.05) is 23.7 Å². The molecule has 1 aliphatic heterocycles. The molecule has 1 saturated heterocycles. The predicted molar refractivity (Wildman–Crippen MR) is 77.1 cm³/mol. The van der Waals surface area contributed by atoms with Gasteiger partial charge in [0.05, 0.1) is 5.56 Å². The second-order valence-corrected chi connectivity index (χ2v) is 7.09. The maximum atomic E-state index is 9.28. The molecule has 4 heteroatoms. The third-order valence-corrected chi connectivity index (χ3v) is 4.76. The van der Waals surface area contributed by atoms with E-state index in [1.807, 2.05) is 24.8 Å². The molecule has 3 nitrogen and oxygen atoms in total. The average Bonchev–Trinajstić information content (AvgIpc) is 2.50. The first-order valence-electron chi connectivity index (χ1n) is 6.28. The molecule has 1 aliphatic rings. The van der Waals surface area contributed by atoms with Gasteiger partial charge in [0.2, 0.25) is 0 Å². The van der Waals surface area contributed by atoms with Crippen LogP contribution < -0.4 is 4.90 Å². The number of nitrogens with zero attached hydrogens (tertiary/aromatic N) is 3. The van der Waals surface area contributed by atoms with E-state index in [1.54, 1.807) is 6.20 Å². The van der Waals surface area contributed by atoms with Crippen molar-refractivity contribution in [3.05, 3.63) is 23.4 Å². The zero-order valence-corrected chi connectivity index (χ0v) is 12.0. The van der Waals surface area contributed by atoms with Crippen LogP contribution in [0.1, 0.15) is 31.4 Å². The van der Waals surface area contributed by atoms with Crippen LogP contribution in [0.2, 0.25) is 0 Å². The average molecular weight is 261 g/mol. The van der Waals surface area contributed by atoms with E-state index in [9.17, 15) is 5.26 Å². The van der Waals surface area contributed by atoms with Crippen LogP contribution in [0.3, 0.4) is 0 Å². The monoisotopic (exact) mass is 261 g/mol. The minimum atomic E-state index is 0.325. The summed E-state index contributed by atoms with van der Waals surface area (Å²) in [7, 11) is 0. The Hall–Kier alpha value is -1.21. The van der Waals surface area contributed by atoms with Gasteiger partial charge in [-0.3, -0.25) is 0 Å². The standard InChI is InChI=1S/C14H19N3S/c1-11-4-6-16-13(12(11)10-15)17-7-5-14(2,3)18-9-8-17/h4,6H,5,7-9H2,1-3H3. The number of aryl methyl sites for hydroxylation is 1. The maximum Gasteiger partial charge on any atom is 0.146 e. The van der Waals surface area contributed by atoms with Crippen molar-refractivity contribution < 1.29 is 0 Å². The van der Waals surface area contributed by atoms with Crippen molar-refractivity contribution in [1.82, 2.24) is 4.98 Å². The summed E-state index contributed by atoms with van der Waals surface area (Å²) in [4.78, 5) is 6.67. The third-order valence-electron chi connectivity index (χ3n) is 3.39. The van der Waals surface area contributed by atoms with Gasteiger partial charge in [-0.2, -0.15) is 17.0 Å². The van der Waals surface area contributed by atoms with Crippen LogP contribution in [-0.2, 0) is 0 Å². The molecular weight excluding hydrogens is 242 g/mol. The van der Waals surface area contributed by atoms with Gasteiger partial charge in [-0.1, -0.05) is 13.8 Å². The molecule has 2 rings (SSSR count). The molecule has 0 bridgehead atoms. The lowest BCUT2D eigenvalue weighted by atomic mass is 10.1. The number of nitriles is 1. The first-order chi connectivity index (χ1) is 8.53. The summed E-state index contributed by atoms with van der Waals surface area (Å²) in [5, 5.41) is 9.28. The second-order valence-electron chi connectivity index (χ2n) is 5.28.